The topological polar surface area (TPSA) is 37.4 Å². The van der Waals surface area contributed by atoms with Gasteiger partial charge >= 0.3 is 0 Å². The van der Waals surface area contributed by atoms with Crippen LogP contribution in [0.4, 0.5) is 0 Å². The van der Waals surface area contributed by atoms with Crippen LogP contribution in [0.15, 0.2) is 84.9 Å². The molecular weight excluding hydrogens is 358 g/mol. The Kier molecular flexibility index (Phi) is 4.61. The van der Waals surface area contributed by atoms with E-state index in [1.807, 2.05) is 78.9 Å². The number of halogens is 1. The summed E-state index contributed by atoms with van der Waals surface area (Å²) in [5.41, 5.74) is 3.06. The summed E-state index contributed by atoms with van der Waals surface area (Å²) in [4.78, 5) is 27.7. The van der Waals surface area contributed by atoms with E-state index in [2.05, 4.69) is 0 Å². The average molecular weight is 374 g/mol. The summed E-state index contributed by atoms with van der Waals surface area (Å²) >= 11 is 6.24. The molecule has 4 heteroatoms. The Morgan fingerprint density at radius 1 is 0.630 bits per heavy atom. The van der Waals surface area contributed by atoms with E-state index in [1.165, 1.54) is 4.90 Å². The van der Waals surface area contributed by atoms with Gasteiger partial charge in [-0.3, -0.25) is 14.5 Å². The summed E-state index contributed by atoms with van der Waals surface area (Å²) in [7, 11) is 0. The molecule has 3 nitrogen and oxygen atoms in total. The first-order chi connectivity index (χ1) is 13.2. The van der Waals surface area contributed by atoms with Crippen LogP contribution < -0.4 is 0 Å². The molecule has 3 aromatic carbocycles. The molecule has 1 aliphatic heterocycles. The highest BCUT2D eigenvalue weighted by Crippen LogP contribution is 2.36. The molecule has 0 aromatic heterocycles. The van der Waals surface area contributed by atoms with E-state index in [9.17, 15) is 9.59 Å². The Hall–Kier alpha value is -3.17. The van der Waals surface area contributed by atoms with Gasteiger partial charge in [0.2, 0.25) is 0 Å². The SMILES string of the molecule is O=C1C(c2ccccc2)=C(c2ccccc2)C(=O)N1Cc1ccccc1Cl. The highest BCUT2D eigenvalue weighted by atomic mass is 35.5. The van der Waals surface area contributed by atoms with Gasteiger partial charge in [-0.2, -0.15) is 0 Å². The standard InChI is InChI=1S/C23H16ClNO2/c24-19-14-8-7-13-18(19)15-25-22(26)20(16-9-3-1-4-10-16)21(23(25)27)17-11-5-2-6-12-17/h1-14H,15H2. The smallest absolute Gasteiger partial charge is 0.262 e. The molecule has 2 amide bonds. The van der Waals surface area contributed by atoms with Crippen molar-refractivity contribution in [3.8, 4) is 0 Å². The number of amides is 2. The van der Waals surface area contributed by atoms with Crippen LogP contribution in [0.2, 0.25) is 5.02 Å². The second-order valence-corrected chi connectivity index (χ2v) is 6.68. The number of imide groups is 1. The molecule has 0 saturated heterocycles. The summed E-state index contributed by atoms with van der Waals surface area (Å²) < 4.78 is 0. The number of hydrogen-bond acceptors (Lipinski definition) is 2. The minimum atomic E-state index is -0.301. The van der Waals surface area contributed by atoms with Crippen LogP contribution in [-0.4, -0.2) is 16.7 Å². The highest BCUT2D eigenvalue weighted by Gasteiger charge is 2.39. The predicted octanol–water partition coefficient (Wildman–Crippen LogP) is 4.82. The van der Waals surface area contributed by atoms with E-state index in [4.69, 9.17) is 11.6 Å². The lowest BCUT2D eigenvalue weighted by molar-refractivity contribution is -0.136. The molecule has 0 unspecified atom stereocenters. The quantitative estimate of drug-likeness (QED) is 0.615. The maximum atomic E-state index is 13.2. The second-order valence-electron chi connectivity index (χ2n) is 6.27. The first-order valence-electron chi connectivity index (χ1n) is 8.61. The zero-order valence-electron chi connectivity index (χ0n) is 14.4. The van der Waals surface area contributed by atoms with Crippen molar-refractivity contribution in [1.82, 2.24) is 4.90 Å². The Bertz CT molecular complexity index is 981. The van der Waals surface area contributed by atoms with Gasteiger partial charge in [-0.25, -0.2) is 0 Å². The fourth-order valence-electron chi connectivity index (χ4n) is 3.26. The third-order valence-electron chi connectivity index (χ3n) is 4.58. The first-order valence-corrected chi connectivity index (χ1v) is 8.99. The van der Waals surface area contributed by atoms with Crippen molar-refractivity contribution in [3.63, 3.8) is 0 Å². The lowest BCUT2D eigenvalue weighted by Crippen LogP contribution is -2.31. The van der Waals surface area contributed by atoms with Crippen LogP contribution in [-0.2, 0) is 16.1 Å². The van der Waals surface area contributed by atoms with Crippen LogP contribution >= 0.6 is 11.6 Å². The van der Waals surface area contributed by atoms with Gasteiger partial charge in [0.15, 0.2) is 0 Å². The van der Waals surface area contributed by atoms with Crippen LogP contribution in [0.1, 0.15) is 16.7 Å². The molecule has 0 atom stereocenters. The minimum Gasteiger partial charge on any atom is -0.270 e. The molecule has 27 heavy (non-hydrogen) atoms. The molecule has 3 aromatic rings. The summed E-state index contributed by atoms with van der Waals surface area (Å²) in [6.45, 7) is 0.143. The van der Waals surface area contributed by atoms with Crippen LogP contribution in [0.25, 0.3) is 11.1 Å². The molecule has 0 saturated carbocycles. The number of carbonyl (C=O) groups is 2. The monoisotopic (exact) mass is 373 g/mol. The van der Waals surface area contributed by atoms with E-state index in [-0.39, 0.29) is 18.4 Å². The Morgan fingerprint density at radius 3 is 1.56 bits per heavy atom. The average Bonchev–Trinajstić information content (AvgIpc) is 2.95. The molecule has 0 N–H and O–H groups in total. The summed E-state index contributed by atoms with van der Waals surface area (Å²) in [5, 5.41) is 0.535. The van der Waals surface area contributed by atoms with Crippen molar-refractivity contribution in [3.05, 3.63) is 107 Å². The van der Waals surface area contributed by atoms with Crippen molar-refractivity contribution < 1.29 is 9.59 Å². The summed E-state index contributed by atoms with van der Waals surface area (Å²) in [6, 6.07) is 25.9. The first kappa shape index (κ1) is 17.3. The van der Waals surface area contributed by atoms with Gasteiger partial charge < -0.3 is 0 Å². The largest absolute Gasteiger partial charge is 0.270 e. The Balaban J connectivity index is 1.82. The van der Waals surface area contributed by atoms with Gasteiger partial charge in [-0.15, -0.1) is 0 Å². The fraction of sp³-hybridized carbons (Fsp3) is 0.0435. The fourth-order valence-corrected chi connectivity index (χ4v) is 3.46. The Morgan fingerprint density at radius 2 is 1.07 bits per heavy atom. The van der Waals surface area contributed by atoms with Gasteiger partial charge in [0.05, 0.1) is 17.7 Å². The van der Waals surface area contributed by atoms with Gasteiger partial charge in [-0.1, -0.05) is 90.5 Å². The number of benzene rings is 3. The second kappa shape index (κ2) is 7.22. The molecule has 0 radical (unpaired) electrons. The summed E-state index contributed by atoms with van der Waals surface area (Å²) in [5.74, 6) is -0.602. The number of carbonyl (C=O) groups excluding carboxylic acids is 2. The normalized spacial score (nSPS) is 14.2. The van der Waals surface area contributed by atoms with Crippen molar-refractivity contribution in [2.75, 3.05) is 0 Å². The van der Waals surface area contributed by atoms with Gasteiger partial charge in [0, 0.05) is 5.02 Å². The van der Waals surface area contributed by atoms with Gasteiger partial charge in [-0.05, 0) is 22.8 Å². The third-order valence-corrected chi connectivity index (χ3v) is 4.95. The third kappa shape index (κ3) is 3.18. The number of hydrogen-bond donors (Lipinski definition) is 0. The van der Waals surface area contributed by atoms with Crippen molar-refractivity contribution >= 4 is 34.6 Å². The van der Waals surface area contributed by atoms with Crippen LogP contribution in [0, 0.1) is 0 Å². The van der Waals surface area contributed by atoms with E-state index in [1.54, 1.807) is 6.07 Å². The van der Waals surface area contributed by atoms with E-state index in [0.717, 1.165) is 16.7 Å². The Labute approximate surface area is 162 Å². The van der Waals surface area contributed by atoms with Crippen LogP contribution in [0.5, 0.6) is 0 Å². The number of rotatable bonds is 4. The number of nitrogens with zero attached hydrogens (tertiary/aromatic N) is 1. The summed E-state index contributed by atoms with van der Waals surface area (Å²) in [6.07, 6.45) is 0. The van der Waals surface area contributed by atoms with Gasteiger partial charge in [0.1, 0.15) is 0 Å². The molecule has 0 aliphatic carbocycles. The molecule has 0 fully saturated rings. The lowest BCUT2D eigenvalue weighted by atomic mass is 9.96. The van der Waals surface area contributed by atoms with Crippen molar-refractivity contribution in [1.29, 1.82) is 0 Å². The highest BCUT2D eigenvalue weighted by molar-refractivity contribution is 6.49. The molecule has 1 heterocycles. The lowest BCUT2D eigenvalue weighted by Gasteiger charge is -2.16. The minimum absolute atomic E-state index is 0.143. The van der Waals surface area contributed by atoms with Crippen LogP contribution in [0.3, 0.4) is 0 Å². The van der Waals surface area contributed by atoms with Crippen molar-refractivity contribution in [2.24, 2.45) is 0 Å². The maximum absolute atomic E-state index is 13.2. The molecule has 1 aliphatic rings. The van der Waals surface area contributed by atoms with E-state index in [0.29, 0.717) is 16.2 Å². The maximum Gasteiger partial charge on any atom is 0.262 e. The zero-order chi connectivity index (χ0) is 18.8. The zero-order valence-corrected chi connectivity index (χ0v) is 15.2. The molecular formula is C23H16ClNO2. The van der Waals surface area contributed by atoms with Gasteiger partial charge in [0.25, 0.3) is 11.8 Å². The van der Waals surface area contributed by atoms with Crippen molar-refractivity contribution in [2.45, 2.75) is 6.54 Å². The molecule has 4 rings (SSSR count). The predicted molar refractivity (Wildman–Crippen MR) is 107 cm³/mol. The molecule has 132 valence electrons. The van der Waals surface area contributed by atoms with E-state index < -0.39 is 0 Å². The van der Waals surface area contributed by atoms with E-state index >= 15 is 0 Å². The molecule has 0 spiro atoms. The molecule has 0 bridgehead atoms.